The highest BCUT2D eigenvalue weighted by Crippen LogP contribution is 2.33. The largest absolute Gasteiger partial charge is 0.573 e. The van der Waals surface area contributed by atoms with E-state index >= 15 is 0 Å². The lowest BCUT2D eigenvalue weighted by Crippen LogP contribution is -2.48. The lowest BCUT2D eigenvalue weighted by atomic mass is 10.0. The fraction of sp³-hybridized carbons (Fsp3) is 0.381. The van der Waals surface area contributed by atoms with Crippen LogP contribution in [-0.4, -0.2) is 42.3 Å². The number of aryl methyl sites for hydroxylation is 1. The Hall–Kier alpha value is -3.01. The predicted octanol–water partition coefficient (Wildman–Crippen LogP) is 4.30. The van der Waals surface area contributed by atoms with Crippen LogP contribution in [0.1, 0.15) is 35.8 Å². The maximum absolute atomic E-state index is 12.8. The minimum atomic E-state index is -4.80. The van der Waals surface area contributed by atoms with Crippen LogP contribution in [0, 0.1) is 6.92 Å². The zero-order valence-corrected chi connectivity index (χ0v) is 18.2. The zero-order chi connectivity index (χ0) is 23.5. The van der Waals surface area contributed by atoms with E-state index in [1.54, 1.807) is 13.0 Å². The van der Waals surface area contributed by atoms with Crippen molar-refractivity contribution in [3.05, 3.63) is 46.6 Å². The maximum atomic E-state index is 12.8. The summed E-state index contributed by atoms with van der Waals surface area (Å²) in [5.41, 5.74) is 1.51. The first-order chi connectivity index (χ1) is 15.0. The van der Waals surface area contributed by atoms with Crippen molar-refractivity contribution >= 4 is 34.9 Å². The second kappa shape index (κ2) is 9.64. The van der Waals surface area contributed by atoms with Gasteiger partial charge in [0.2, 0.25) is 5.91 Å². The molecule has 2 amide bonds. The van der Waals surface area contributed by atoms with E-state index in [1.165, 1.54) is 25.1 Å². The van der Waals surface area contributed by atoms with Gasteiger partial charge >= 0.3 is 6.36 Å². The number of anilines is 2. The molecule has 2 heterocycles. The molecule has 2 aromatic rings. The number of carbonyl (C=O) groups is 2. The molecular weight excluding hydrogens is 449 g/mol. The van der Waals surface area contributed by atoms with Crippen LogP contribution in [0.4, 0.5) is 24.7 Å². The topological polar surface area (TPSA) is 83.6 Å². The summed E-state index contributed by atoms with van der Waals surface area (Å²) in [5.74, 6) is -0.702. The number of amides is 2. The first-order valence-electron chi connectivity index (χ1n) is 9.87. The lowest BCUT2D eigenvalue weighted by Gasteiger charge is -2.35. The maximum Gasteiger partial charge on any atom is 0.573 e. The van der Waals surface area contributed by atoms with E-state index in [-0.39, 0.29) is 22.9 Å². The smallest absolute Gasteiger partial charge is 0.406 e. The molecule has 0 bridgehead atoms. The van der Waals surface area contributed by atoms with Crippen LogP contribution in [0.3, 0.4) is 0 Å². The zero-order valence-electron chi connectivity index (χ0n) is 17.4. The summed E-state index contributed by atoms with van der Waals surface area (Å²) in [4.78, 5) is 30.1. The van der Waals surface area contributed by atoms with Crippen LogP contribution < -0.4 is 20.3 Å². The summed E-state index contributed by atoms with van der Waals surface area (Å²) >= 11 is 6.20. The van der Waals surface area contributed by atoms with Gasteiger partial charge in [-0.1, -0.05) is 11.6 Å². The summed E-state index contributed by atoms with van der Waals surface area (Å²) in [6.07, 6.45) is -3.30. The van der Waals surface area contributed by atoms with Gasteiger partial charge in [0, 0.05) is 43.4 Å². The number of hydrogen-bond acceptors (Lipinski definition) is 5. The second-order valence-electron chi connectivity index (χ2n) is 7.48. The number of ether oxygens (including phenoxy) is 1. The fourth-order valence-electron chi connectivity index (χ4n) is 3.57. The molecule has 11 heteroatoms. The van der Waals surface area contributed by atoms with Crippen molar-refractivity contribution in [3.63, 3.8) is 0 Å². The highest BCUT2D eigenvalue weighted by atomic mass is 35.5. The molecule has 1 atom stereocenters. The Bertz CT molecular complexity index is 1020. The number of alkyl halides is 3. The molecule has 1 aliphatic rings. The summed E-state index contributed by atoms with van der Waals surface area (Å²) in [5, 5.41) is 5.66. The van der Waals surface area contributed by atoms with Crippen molar-refractivity contribution < 1.29 is 27.5 Å². The summed E-state index contributed by atoms with van der Waals surface area (Å²) in [6, 6.07) is 6.73. The Morgan fingerprint density at radius 2 is 2.00 bits per heavy atom. The fourth-order valence-corrected chi connectivity index (χ4v) is 3.86. The van der Waals surface area contributed by atoms with E-state index in [9.17, 15) is 22.8 Å². The van der Waals surface area contributed by atoms with Crippen molar-refractivity contribution in [1.82, 2.24) is 10.3 Å². The van der Waals surface area contributed by atoms with Gasteiger partial charge < -0.3 is 20.3 Å². The monoisotopic (exact) mass is 470 g/mol. The van der Waals surface area contributed by atoms with E-state index in [4.69, 9.17) is 11.6 Å². The Kier molecular flexibility index (Phi) is 7.12. The quantitative estimate of drug-likeness (QED) is 0.680. The molecule has 1 unspecified atom stereocenters. The van der Waals surface area contributed by atoms with Crippen molar-refractivity contribution in [2.24, 2.45) is 0 Å². The number of aromatic nitrogens is 1. The third kappa shape index (κ3) is 6.49. The molecule has 1 fully saturated rings. The molecule has 1 aromatic carbocycles. The molecule has 0 spiro atoms. The van der Waals surface area contributed by atoms with E-state index in [2.05, 4.69) is 20.4 Å². The molecular formula is C21H22ClF3N4O3. The van der Waals surface area contributed by atoms with Crippen LogP contribution in [-0.2, 0) is 4.79 Å². The summed E-state index contributed by atoms with van der Waals surface area (Å²) < 4.78 is 41.1. The van der Waals surface area contributed by atoms with Gasteiger partial charge in [-0.05, 0) is 44.0 Å². The van der Waals surface area contributed by atoms with Crippen LogP contribution in [0.15, 0.2) is 30.3 Å². The summed E-state index contributed by atoms with van der Waals surface area (Å²) in [6.45, 7) is 4.16. The average molecular weight is 471 g/mol. The Labute approximate surface area is 187 Å². The lowest BCUT2D eigenvalue weighted by molar-refractivity contribution is -0.274. The molecule has 0 radical (unpaired) electrons. The number of rotatable bonds is 5. The number of piperidine rings is 1. The van der Waals surface area contributed by atoms with Gasteiger partial charge in [-0.3, -0.25) is 9.59 Å². The molecule has 32 heavy (non-hydrogen) atoms. The molecule has 1 aliphatic heterocycles. The predicted molar refractivity (Wildman–Crippen MR) is 114 cm³/mol. The molecule has 0 saturated carbocycles. The Balaban J connectivity index is 1.68. The van der Waals surface area contributed by atoms with Gasteiger partial charge in [-0.25, -0.2) is 4.98 Å². The van der Waals surface area contributed by atoms with Crippen LogP contribution in [0.2, 0.25) is 5.02 Å². The third-order valence-electron chi connectivity index (χ3n) is 4.77. The average Bonchev–Trinajstić information content (AvgIpc) is 2.66. The number of hydrogen-bond donors (Lipinski definition) is 2. The SMILES string of the molecule is CC(=O)Nc1cc(C(=O)NC2CCCN(c3ccc(OC(F)(F)F)cc3Cl)C2)cc(C)n1. The number of nitrogens with one attached hydrogen (secondary N) is 2. The van der Waals surface area contributed by atoms with Gasteiger partial charge in [-0.15, -0.1) is 13.2 Å². The number of carbonyl (C=O) groups excluding carboxylic acids is 2. The van der Waals surface area contributed by atoms with Crippen LogP contribution in [0.25, 0.3) is 0 Å². The standard InChI is InChI=1S/C21H22ClF3N4O3/c1-12-8-14(9-19(26-12)27-13(2)30)20(31)28-15-4-3-7-29(11-15)18-6-5-16(10-17(18)22)32-21(23,24)25/h5-6,8-10,15H,3-4,7,11H2,1-2H3,(H,28,31)(H,26,27,30). The van der Waals surface area contributed by atoms with Crippen molar-refractivity contribution in [2.45, 2.75) is 39.1 Å². The van der Waals surface area contributed by atoms with Crippen LogP contribution >= 0.6 is 11.6 Å². The first kappa shape index (κ1) is 23.6. The number of halogens is 4. The van der Waals surface area contributed by atoms with E-state index in [1.807, 2.05) is 4.90 Å². The molecule has 1 saturated heterocycles. The molecule has 2 N–H and O–H groups in total. The van der Waals surface area contributed by atoms with E-state index in [0.717, 1.165) is 18.9 Å². The highest BCUT2D eigenvalue weighted by Gasteiger charge is 2.31. The number of pyridine rings is 1. The van der Waals surface area contributed by atoms with Crippen LogP contribution in [0.5, 0.6) is 5.75 Å². The van der Waals surface area contributed by atoms with Gasteiger partial charge in [-0.2, -0.15) is 0 Å². The number of nitrogens with zero attached hydrogens (tertiary/aromatic N) is 2. The van der Waals surface area contributed by atoms with Crippen molar-refractivity contribution in [1.29, 1.82) is 0 Å². The van der Waals surface area contributed by atoms with Gasteiger partial charge in [0.25, 0.3) is 5.91 Å². The Morgan fingerprint density at radius 3 is 2.66 bits per heavy atom. The molecule has 3 rings (SSSR count). The minimum Gasteiger partial charge on any atom is -0.406 e. The third-order valence-corrected chi connectivity index (χ3v) is 5.07. The second-order valence-corrected chi connectivity index (χ2v) is 7.89. The normalized spacial score (nSPS) is 16.4. The summed E-state index contributed by atoms with van der Waals surface area (Å²) in [7, 11) is 0. The first-order valence-corrected chi connectivity index (χ1v) is 10.3. The van der Waals surface area contributed by atoms with Gasteiger partial charge in [0.05, 0.1) is 10.7 Å². The van der Waals surface area contributed by atoms with E-state index < -0.39 is 12.1 Å². The molecule has 0 aliphatic carbocycles. The highest BCUT2D eigenvalue weighted by molar-refractivity contribution is 6.33. The van der Waals surface area contributed by atoms with Gasteiger partial charge in [0.1, 0.15) is 11.6 Å². The molecule has 7 nitrogen and oxygen atoms in total. The van der Waals surface area contributed by atoms with Gasteiger partial charge in [0.15, 0.2) is 0 Å². The number of benzene rings is 1. The Morgan fingerprint density at radius 1 is 1.25 bits per heavy atom. The van der Waals surface area contributed by atoms with Crippen molar-refractivity contribution in [3.8, 4) is 5.75 Å². The minimum absolute atomic E-state index is 0.128. The molecule has 172 valence electrons. The van der Waals surface area contributed by atoms with E-state index in [0.29, 0.717) is 35.9 Å². The molecule has 1 aromatic heterocycles. The van der Waals surface area contributed by atoms with Crippen molar-refractivity contribution in [2.75, 3.05) is 23.3 Å².